The van der Waals surface area contributed by atoms with Gasteiger partial charge in [-0.25, -0.2) is 14.8 Å². The monoisotopic (exact) mass is 425 g/mol. The lowest BCUT2D eigenvalue weighted by molar-refractivity contribution is 0.208. The molecule has 2 saturated heterocycles. The summed E-state index contributed by atoms with van der Waals surface area (Å²) in [4.78, 5) is 30.4. The fourth-order valence-corrected chi connectivity index (χ4v) is 3.90. The van der Waals surface area contributed by atoms with Crippen LogP contribution in [0.1, 0.15) is 6.92 Å². The van der Waals surface area contributed by atoms with E-state index >= 15 is 0 Å². The number of carbonyl (C=O) groups is 1. The number of likely N-dealkylation sites (N-methyl/N-ethyl adjacent to an activating group) is 1. The van der Waals surface area contributed by atoms with Gasteiger partial charge in [0, 0.05) is 58.4 Å². The second-order valence-corrected chi connectivity index (χ2v) is 7.86. The van der Waals surface area contributed by atoms with Crippen LogP contribution in [0.5, 0.6) is 5.75 Å². The van der Waals surface area contributed by atoms with Crippen LogP contribution in [-0.4, -0.2) is 91.8 Å². The third-order valence-corrected chi connectivity index (χ3v) is 5.78. The van der Waals surface area contributed by atoms with Gasteiger partial charge in [0.15, 0.2) is 0 Å². The molecule has 0 bridgehead atoms. The number of urea groups is 1. The number of rotatable bonds is 5. The number of nitrogens with zero attached hydrogens (tertiary/aromatic N) is 6. The van der Waals surface area contributed by atoms with Crippen LogP contribution in [0.4, 0.5) is 22.1 Å². The van der Waals surface area contributed by atoms with Crippen LogP contribution in [0.2, 0.25) is 0 Å². The summed E-state index contributed by atoms with van der Waals surface area (Å²) < 4.78 is 5.60. The van der Waals surface area contributed by atoms with E-state index in [-0.39, 0.29) is 6.03 Å². The van der Waals surface area contributed by atoms with E-state index in [2.05, 4.69) is 43.1 Å². The van der Waals surface area contributed by atoms with Crippen molar-refractivity contribution in [3.05, 3.63) is 36.7 Å². The molecule has 2 fully saturated rings. The minimum atomic E-state index is -0.104. The molecule has 3 heterocycles. The molecule has 1 N–H and O–H groups in total. The average Bonchev–Trinajstić information content (AvgIpc) is 2.81. The first kappa shape index (κ1) is 21.2. The number of benzene rings is 1. The van der Waals surface area contributed by atoms with Crippen molar-refractivity contribution in [2.75, 3.05) is 81.1 Å². The number of hydrogen-bond acceptors (Lipinski definition) is 7. The van der Waals surface area contributed by atoms with Crippen LogP contribution >= 0.6 is 0 Å². The largest absolute Gasteiger partial charge is 0.492 e. The van der Waals surface area contributed by atoms with Gasteiger partial charge >= 0.3 is 6.03 Å². The van der Waals surface area contributed by atoms with Gasteiger partial charge in [-0.3, -0.25) is 0 Å². The first-order valence-corrected chi connectivity index (χ1v) is 10.9. The van der Waals surface area contributed by atoms with E-state index in [1.807, 2.05) is 36.1 Å². The van der Waals surface area contributed by atoms with Crippen molar-refractivity contribution in [2.24, 2.45) is 0 Å². The number of hydrogen-bond donors (Lipinski definition) is 1. The van der Waals surface area contributed by atoms with Crippen molar-refractivity contribution in [1.82, 2.24) is 19.8 Å². The highest BCUT2D eigenvalue weighted by Crippen LogP contribution is 2.25. The Morgan fingerprint density at radius 1 is 0.968 bits per heavy atom. The summed E-state index contributed by atoms with van der Waals surface area (Å²) in [5.74, 6) is 2.59. The van der Waals surface area contributed by atoms with E-state index in [1.165, 1.54) is 0 Å². The van der Waals surface area contributed by atoms with E-state index in [0.29, 0.717) is 31.1 Å². The molecule has 0 saturated carbocycles. The summed E-state index contributed by atoms with van der Waals surface area (Å²) in [6.45, 7) is 9.26. The second-order valence-electron chi connectivity index (χ2n) is 7.86. The lowest BCUT2D eigenvalue weighted by Crippen LogP contribution is -2.50. The van der Waals surface area contributed by atoms with Crippen LogP contribution in [0.3, 0.4) is 0 Å². The molecule has 9 heteroatoms. The highest BCUT2D eigenvalue weighted by atomic mass is 16.5. The zero-order valence-electron chi connectivity index (χ0n) is 18.3. The van der Waals surface area contributed by atoms with E-state index < -0.39 is 0 Å². The van der Waals surface area contributed by atoms with E-state index in [0.717, 1.165) is 50.9 Å². The molecule has 2 amide bonds. The third-order valence-electron chi connectivity index (χ3n) is 5.78. The van der Waals surface area contributed by atoms with Gasteiger partial charge < -0.3 is 29.7 Å². The van der Waals surface area contributed by atoms with Gasteiger partial charge in [0.05, 0.1) is 12.3 Å². The Morgan fingerprint density at radius 3 is 2.23 bits per heavy atom. The lowest BCUT2D eigenvalue weighted by Gasteiger charge is -2.36. The normalized spacial score (nSPS) is 17.5. The van der Waals surface area contributed by atoms with Crippen molar-refractivity contribution < 1.29 is 9.53 Å². The lowest BCUT2D eigenvalue weighted by atomic mass is 10.3. The highest BCUT2D eigenvalue weighted by molar-refractivity contribution is 5.91. The fourth-order valence-electron chi connectivity index (χ4n) is 3.90. The summed E-state index contributed by atoms with van der Waals surface area (Å²) in [5, 5.41) is 2.98. The van der Waals surface area contributed by atoms with Crippen LogP contribution in [-0.2, 0) is 0 Å². The Bertz CT molecular complexity index is 878. The third kappa shape index (κ3) is 5.16. The van der Waals surface area contributed by atoms with E-state index in [1.54, 1.807) is 6.33 Å². The molecule has 0 atom stereocenters. The summed E-state index contributed by atoms with van der Waals surface area (Å²) in [5.41, 5.74) is 0.699. The highest BCUT2D eigenvalue weighted by Gasteiger charge is 2.24. The van der Waals surface area contributed by atoms with Crippen molar-refractivity contribution in [1.29, 1.82) is 0 Å². The quantitative estimate of drug-likeness (QED) is 0.785. The molecule has 2 aliphatic rings. The zero-order chi connectivity index (χ0) is 21.6. The summed E-state index contributed by atoms with van der Waals surface area (Å²) in [6.07, 6.45) is 1.65. The molecule has 2 aromatic rings. The molecule has 166 valence electrons. The number of carbonyl (C=O) groups excluding carboxylic acids is 1. The second kappa shape index (κ2) is 9.82. The summed E-state index contributed by atoms with van der Waals surface area (Å²) in [6, 6.07) is 9.48. The van der Waals surface area contributed by atoms with Crippen LogP contribution in [0.25, 0.3) is 0 Å². The minimum Gasteiger partial charge on any atom is -0.492 e. The van der Waals surface area contributed by atoms with Crippen molar-refractivity contribution in [3.8, 4) is 5.75 Å². The summed E-state index contributed by atoms with van der Waals surface area (Å²) >= 11 is 0. The Kier molecular flexibility index (Phi) is 6.71. The first-order chi connectivity index (χ1) is 15.1. The Labute approximate surface area is 183 Å². The average molecular weight is 426 g/mol. The van der Waals surface area contributed by atoms with Gasteiger partial charge in [0.1, 0.15) is 23.7 Å². The SMILES string of the molecule is CCOc1ccccc1NC(=O)N1CCN(c2cc(N3CCN(C)CC3)ncn2)CC1. The topological polar surface area (TPSA) is 77.1 Å². The van der Waals surface area contributed by atoms with Gasteiger partial charge in [-0.2, -0.15) is 0 Å². The van der Waals surface area contributed by atoms with Gasteiger partial charge in [0.25, 0.3) is 0 Å². The van der Waals surface area contributed by atoms with Crippen molar-refractivity contribution >= 4 is 23.4 Å². The van der Waals surface area contributed by atoms with Crippen molar-refractivity contribution in [3.63, 3.8) is 0 Å². The first-order valence-electron chi connectivity index (χ1n) is 10.9. The van der Waals surface area contributed by atoms with Crippen LogP contribution in [0, 0.1) is 0 Å². The Balaban J connectivity index is 1.34. The number of ether oxygens (including phenoxy) is 1. The number of anilines is 3. The zero-order valence-corrected chi connectivity index (χ0v) is 18.3. The number of amides is 2. The molecule has 4 rings (SSSR count). The molecule has 31 heavy (non-hydrogen) atoms. The Hall–Kier alpha value is -3.07. The van der Waals surface area contributed by atoms with Crippen LogP contribution in [0.15, 0.2) is 36.7 Å². The smallest absolute Gasteiger partial charge is 0.322 e. The molecular formula is C22H31N7O2. The molecular weight excluding hydrogens is 394 g/mol. The fraction of sp³-hybridized carbons (Fsp3) is 0.500. The van der Waals surface area contributed by atoms with Crippen LogP contribution < -0.4 is 19.9 Å². The number of aromatic nitrogens is 2. The predicted molar refractivity (Wildman–Crippen MR) is 122 cm³/mol. The molecule has 0 spiro atoms. The maximum atomic E-state index is 12.8. The Morgan fingerprint density at radius 2 is 1.58 bits per heavy atom. The number of nitrogens with one attached hydrogen (secondary N) is 1. The predicted octanol–water partition coefficient (Wildman–Crippen LogP) is 1.98. The number of para-hydroxylation sites is 2. The minimum absolute atomic E-state index is 0.104. The molecule has 1 aromatic heterocycles. The van der Waals surface area contributed by atoms with Gasteiger partial charge in [-0.1, -0.05) is 12.1 Å². The van der Waals surface area contributed by atoms with Gasteiger partial charge in [-0.15, -0.1) is 0 Å². The molecule has 0 unspecified atom stereocenters. The maximum Gasteiger partial charge on any atom is 0.322 e. The van der Waals surface area contributed by atoms with E-state index in [4.69, 9.17) is 4.74 Å². The molecule has 0 radical (unpaired) electrons. The standard InChI is InChI=1S/C22H31N7O2/c1-3-31-19-7-5-4-6-18(19)25-22(30)29-14-12-28(13-15-29)21-16-20(23-17-24-21)27-10-8-26(2)9-11-27/h4-7,16-17H,3,8-15H2,1-2H3,(H,25,30). The maximum absolute atomic E-state index is 12.8. The van der Waals surface area contributed by atoms with E-state index in [9.17, 15) is 4.79 Å². The molecule has 2 aliphatic heterocycles. The number of piperazine rings is 2. The summed E-state index contributed by atoms with van der Waals surface area (Å²) in [7, 11) is 2.15. The van der Waals surface area contributed by atoms with Gasteiger partial charge in [-0.05, 0) is 26.1 Å². The van der Waals surface area contributed by atoms with Gasteiger partial charge in [0.2, 0.25) is 0 Å². The van der Waals surface area contributed by atoms with Crippen molar-refractivity contribution in [2.45, 2.75) is 6.92 Å². The molecule has 0 aliphatic carbocycles. The molecule has 9 nitrogen and oxygen atoms in total. The molecule has 1 aromatic carbocycles.